The van der Waals surface area contributed by atoms with Gasteiger partial charge in [-0.3, -0.25) is 0 Å². The molecule has 0 amide bonds. The lowest BCUT2D eigenvalue weighted by Crippen LogP contribution is -2.11. The van der Waals surface area contributed by atoms with Crippen molar-refractivity contribution in [3.05, 3.63) is 75.6 Å². The lowest BCUT2D eigenvalue weighted by atomic mass is 10.1. The van der Waals surface area contributed by atoms with Gasteiger partial charge in [-0.05, 0) is 37.1 Å². The molecule has 2 aromatic carbocycles. The highest BCUT2D eigenvalue weighted by Crippen LogP contribution is 2.21. The number of nitrogens with one attached hydrogen (secondary N) is 1. The summed E-state index contributed by atoms with van der Waals surface area (Å²) in [6.45, 7) is 4.84. The number of aryl methyl sites for hydroxylation is 1. The number of hydrogen-bond acceptors (Lipinski definition) is 5. The molecule has 0 fully saturated rings. The number of rotatable bonds is 7. The molecule has 0 unspecified atom stereocenters. The molecule has 27 heavy (non-hydrogen) atoms. The minimum absolute atomic E-state index is 0.00723. The lowest BCUT2D eigenvalue weighted by Gasteiger charge is -2.12. The molecular weight excluding hydrogens is 342 g/mol. The highest BCUT2D eigenvalue weighted by molar-refractivity contribution is 5.95. The Labute approximate surface area is 158 Å². The third-order valence-electron chi connectivity index (χ3n) is 4.34. The minimum Gasteiger partial charge on any atom is -0.457 e. The van der Waals surface area contributed by atoms with Crippen molar-refractivity contribution in [2.24, 2.45) is 0 Å². The van der Waals surface area contributed by atoms with Gasteiger partial charge in [0.05, 0.1) is 5.56 Å². The molecule has 0 saturated carbocycles. The number of unbranched alkanes of at least 4 members (excludes halogenated alkanes) is 1. The van der Waals surface area contributed by atoms with E-state index in [-0.39, 0.29) is 6.61 Å². The van der Waals surface area contributed by atoms with E-state index in [4.69, 9.17) is 9.15 Å². The van der Waals surface area contributed by atoms with E-state index in [1.54, 1.807) is 18.2 Å². The van der Waals surface area contributed by atoms with Crippen molar-refractivity contribution in [3.8, 4) is 0 Å². The van der Waals surface area contributed by atoms with Crippen LogP contribution < -0.4 is 10.9 Å². The van der Waals surface area contributed by atoms with Gasteiger partial charge in [0.1, 0.15) is 12.2 Å². The quantitative estimate of drug-likeness (QED) is 0.374. The van der Waals surface area contributed by atoms with Crippen molar-refractivity contribution in [1.29, 1.82) is 0 Å². The van der Waals surface area contributed by atoms with Gasteiger partial charge in [-0.2, -0.15) is 0 Å². The number of fused-ring (bicyclic) bond motifs is 1. The molecule has 0 bridgehead atoms. The zero-order chi connectivity index (χ0) is 19.2. The van der Waals surface area contributed by atoms with Crippen LogP contribution in [0.5, 0.6) is 0 Å². The van der Waals surface area contributed by atoms with Crippen molar-refractivity contribution < 1.29 is 13.9 Å². The van der Waals surface area contributed by atoms with E-state index in [2.05, 4.69) is 12.2 Å². The van der Waals surface area contributed by atoms with Crippen LogP contribution in [-0.4, -0.2) is 12.5 Å². The Bertz CT molecular complexity index is 1010. The fourth-order valence-corrected chi connectivity index (χ4v) is 2.89. The molecule has 3 aromatic rings. The van der Waals surface area contributed by atoms with Crippen molar-refractivity contribution in [3.63, 3.8) is 0 Å². The zero-order valence-corrected chi connectivity index (χ0v) is 15.6. The molecule has 1 N–H and O–H groups in total. The Morgan fingerprint density at radius 3 is 2.78 bits per heavy atom. The zero-order valence-electron chi connectivity index (χ0n) is 15.6. The highest BCUT2D eigenvalue weighted by atomic mass is 16.5. The molecule has 0 aliphatic rings. The number of carbonyl (C=O) groups excluding carboxylic acids is 1. The summed E-state index contributed by atoms with van der Waals surface area (Å²) >= 11 is 0. The maximum absolute atomic E-state index is 12.6. The summed E-state index contributed by atoms with van der Waals surface area (Å²) in [6.07, 6.45) is 2.09. The molecule has 3 rings (SSSR count). The van der Waals surface area contributed by atoms with Gasteiger partial charge < -0.3 is 14.5 Å². The number of ether oxygens (including phenoxy) is 1. The second-order valence-electron chi connectivity index (χ2n) is 6.49. The monoisotopic (exact) mass is 365 g/mol. The van der Waals surface area contributed by atoms with Gasteiger partial charge in [0.25, 0.3) is 0 Å². The minimum atomic E-state index is -0.458. The van der Waals surface area contributed by atoms with E-state index in [9.17, 15) is 9.59 Å². The molecule has 5 heteroatoms. The summed E-state index contributed by atoms with van der Waals surface area (Å²) < 4.78 is 10.7. The standard InChI is InChI=1S/C22H23NO4/c1-3-4-11-23-19-8-6-5-7-18(19)22(25)26-14-16-13-21(24)27-20-12-15(2)9-10-17(16)20/h5-10,12-13,23H,3-4,11,14H2,1-2H3. The number of hydrogen-bond donors (Lipinski definition) is 1. The van der Waals surface area contributed by atoms with Gasteiger partial charge in [-0.1, -0.05) is 37.6 Å². The second-order valence-corrected chi connectivity index (χ2v) is 6.49. The van der Waals surface area contributed by atoms with E-state index in [0.29, 0.717) is 16.7 Å². The molecule has 0 aliphatic heterocycles. The Balaban J connectivity index is 1.79. The molecule has 0 radical (unpaired) electrons. The summed E-state index contributed by atoms with van der Waals surface area (Å²) in [5.74, 6) is -0.428. The van der Waals surface area contributed by atoms with Gasteiger partial charge in [0.2, 0.25) is 0 Å². The van der Waals surface area contributed by atoms with Gasteiger partial charge in [0.15, 0.2) is 0 Å². The van der Waals surface area contributed by atoms with Crippen molar-refractivity contribution in [2.45, 2.75) is 33.3 Å². The van der Waals surface area contributed by atoms with Crippen LogP contribution in [0.25, 0.3) is 11.0 Å². The van der Waals surface area contributed by atoms with Crippen molar-refractivity contribution in [2.75, 3.05) is 11.9 Å². The van der Waals surface area contributed by atoms with Crippen molar-refractivity contribution in [1.82, 2.24) is 0 Å². The molecular formula is C22H23NO4. The highest BCUT2D eigenvalue weighted by Gasteiger charge is 2.14. The molecule has 0 spiro atoms. The van der Waals surface area contributed by atoms with E-state index in [1.165, 1.54) is 6.07 Å². The summed E-state index contributed by atoms with van der Waals surface area (Å²) in [5.41, 5.74) is 2.90. The summed E-state index contributed by atoms with van der Waals surface area (Å²) in [7, 11) is 0. The Morgan fingerprint density at radius 1 is 1.15 bits per heavy atom. The fraction of sp³-hybridized carbons (Fsp3) is 0.273. The first-order chi connectivity index (χ1) is 13.1. The maximum Gasteiger partial charge on any atom is 0.340 e. The van der Waals surface area contributed by atoms with Crippen LogP contribution in [0.15, 0.2) is 57.7 Å². The van der Waals surface area contributed by atoms with Crippen LogP contribution in [-0.2, 0) is 11.3 Å². The number of benzene rings is 2. The first-order valence-electron chi connectivity index (χ1n) is 9.12. The second kappa shape index (κ2) is 8.54. The third kappa shape index (κ3) is 4.56. The lowest BCUT2D eigenvalue weighted by molar-refractivity contribution is 0.0475. The van der Waals surface area contributed by atoms with Crippen LogP contribution in [0.1, 0.15) is 41.3 Å². The molecule has 0 atom stereocenters. The van der Waals surface area contributed by atoms with Crippen LogP contribution in [0.4, 0.5) is 5.69 Å². The van der Waals surface area contributed by atoms with Gasteiger partial charge in [0, 0.05) is 29.2 Å². The van der Waals surface area contributed by atoms with Crippen LogP contribution in [0.2, 0.25) is 0 Å². The number of anilines is 1. The SMILES string of the molecule is CCCCNc1ccccc1C(=O)OCc1cc(=O)oc2cc(C)ccc12. The van der Waals surface area contributed by atoms with Gasteiger partial charge in [-0.25, -0.2) is 9.59 Å². The normalized spacial score (nSPS) is 10.7. The molecule has 1 aromatic heterocycles. The average molecular weight is 365 g/mol. The number of carbonyl (C=O) groups is 1. The van der Waals surface area contributed by atoms with E-state index < -0.39 is 11.6 Å². The van der Waals surface area contributed by atoms with E-state index in [1.807, 2.05) is 31.2 Å². The largest absolute Gasteiger partial charge is 0.457 e. The molecule has 0 aliphatic carbocycles. The maximum atomic E-state index is 12.6. The summed E-state index contributed by atoms with van der Waals surface area (Å²) in [5, 5.41) is 4.04. The Hall–Kier alpha value is -3.08. The smallest absolute Gasteiger partial charge is 0.340 e. The summed E-state index contributed by atoms with van der Waals surface area (Å²) in [4.78, 5) is 24.4. The molecule has 0 saturated heterocycles. The van der Waals surface area contributed by atoms with Gasteiger partial charge in [-0.15, -0.1) is 0 Å². The summed E-state index contributed by atoms with van der Waals surface area (Å²) in [6, 6.07) is 14.3. The first-order valence-corrected chi connectivity index (χ1v) is 9.12. The van der Waals surface area contributed by atoms with Gasteiger partial charge >= 0.3 is 11.6 Å². The fourth-order valence-electron chi connectivity index (χ4n) is 2.89. The Kier molecular flexibility index (Phi) is 5.91. The molecule has 1 heterocycles. The molecule has 140 valence electrons. The number of para-hydroxylation sites is 1. The number of esters is 1. The predicted molar refractivity (Wildman–Crippen MR) is 106 cm³/mol. The topological polar surface area (TPSA) is 68.5 Å². The first kappa shape index (κ1) is 18.7. The molecule has 5 nitrogen and oxygen atoms in total. The van der Waals surface area contributed by atoms with Crippen molar-refractivity contribution >= 4 is 22.6 Å². The van der Waals surface area contributed by atoms with Crippen LogP contribution in [0, 0.1) is 6.92 Å². The predicted octanol–water partition coefficient (Wildman–Crippen LogP) is 4.67. The Morgan fingerprint density at radius 2 is 1.96 bits per heavy atom. The average Bonchev–Trinajstić information content (AvgIpc) is 2.66. The van der Waals surface area contributed by atoms with Crippen LogP contribution >= 0.6 is 0 Å². The third-order valence-corrected chi connectivity index (χ3v) is 4.34. The van der Waals surface area contributed by atoms with Crippen LogP contribution in [0.3, 0.4) is 0 Å². The van der Waals surface area contributed by atoms with E-state index in [0.717, 1.165) is 36.0 Å². The van der Waals surface area contributed by atoms with E-state index >= 15 is 0 Å².